The van der Waals surface area contributed by atoms with Crippen LogP contribution >= 0.6 is 0 Å². The number of hydrogen-bond donors (Lipinski definition) is 1. The van der Waals surface area contributed by atoms with Gasteiger partial charge in [-0.25, -0.2) is 4.39 Å². The van der Waals surface area contributed by atoms with Gasteiger partial charge in [0.15, 0.2) is 0 Å². The lowest BCUT2D eigenvalue weighted by molar-refractivity contribution is 0.197. The van der Waals surface area contributed by atoms with Crippen LogP contribution in [0.2, 0.25) is 0 Å². The van der Waals surface area contributed by atoms with E-state index >= 15 is 0 Å². The summed E-state index contributed by atoms with van der Waals surface area (Å²) in [5.41, 5.74) is 1.01. The van der Waals surface area contributed by atoms with Crippen LogP contribution in [-0.4, -0.2) is 19.2 Å². The summed E-state index contributed by atoms with van der Waals surface area (Å²) in [6.45, 7) is 6.34. The summed E-state index contributed by atoms with van der Waals surface area (Å²) in [4.78, 5) is 0. The third-order valence-electron chi connectivity index (χ3n) is 3.17. The van der Waals surface area contributed by atoms with Crippen LogP contribution in [0.1, 0.15) is 25.8 Å². The van der Waals surface area contributed by atoms with Crippen molar-refractivity contribution in [3.05, 3.63) is 29.6 Å². The maximum atomic E-state index is 13.1. The third kappa shape index (κ3) is 3.19. The molecule has 1 aromatic carbocycles. The van der Waals surface area contributed by atoms with E-state index in [0.717, 1.165) is 37.2 Å². The van der Waals surface area contributed by atoms with Gasteiger partial charge in [-0.3, -0.25) is 0 Å². The van der Waals surface area contributed by atoms with E-state index in [9.17, 15) is 4.39 Å². The molecular formula is C14H20FNO. The Bertz CT molecular complexity index is 380. The topological polar surface area (TPSA) is 21.3 Å². The number of rotatable bonds is 5. The molecule has 2 atom stereocenters. The normalized spacial score (nSPS) is 19.8. The van der Waals surface area contributed by atoms with E-state index in [1.807, 2.05) is 0 Å². The summed E-state index contributed by atoms with van der Waals surface area (Å²) in [6.07, 6.45) is 2.06. The first-order chi connectivity index (χ1) is 8.19. The molecule has 17 heavy (non-hydrogen) atoms. The first kappa shape index (κ1) is 12.4. The first-order valence-corrected chi connectivity index (χ1v) is 6.34. The maximum absolute atomic E-state index is 13.1. The van der Waals surface area contributed by atoms with E-state index in [1.165, 1.54) is 6.07 Å². The van der Waals surface area contributed by atoms with Crippen LogP contribution in [0.15, 0.2) is 18.2 Å². The molecule has 2 rings (SSSR count). The molecule has 0 bridgehead atoms. The highest BCUT2D eigenvalue weighted by Gasteiger charge is 2.24. The smallest absolute Gasteiger partial charge is 0.123 e. The van der Waals surface area contributed by atoms with E-state index in [0.29, 0.717) is 5.92 Å². The number of halogens is 1. The molecule has 0 saturated carbocycles. The highest BCUT2D eigenvalue weighted by atomic mass is 19.1. The molecule has 1 aliphatic rings. The SMILES string of the molecule is CCNCC(C)CC1Cc2cc(F)ccc2O1. The molecule has 2 unspecified atom stereocenters. The average molecular weight is 237 g/mol. The Labute approximate surface area is 102 Å². The van der Waals surface area contributed by atoms with Gasteiger partial charge in [-0.15, -0.1) is 0 Å². The Morgan fingerprint density at radius 2 is 2.35 bits per heavy atom. The van der Waals surface area contributed by atoms with Crippen molar-refractivity contribution in [2.45, 2.75) is 32.8 Å². The minimum Gasteiger partial charge on any atom is -0.490 e. The number of nitrogens with one attached hydrogen (secondary N) is 1. The van der Waals surface area contributed by atoms with Crippen molar-refractivity contribution in [1.29, 1.82) is 0 Å². The fourth-order valence-corrected chi connectivity index (χ4v) is 2.34. The van der Waals surface area contributed by atoms with Gasteiger partial charge in [0.2, 0.25) is 0 Å². The van der Waals surface area contributed by atoms with E-state index < -0.39 is 0 Å². The molecule has 3 heteroatoms. The van der Waals surface area contributed by atoms with Crippen LogP contribution in [0, 0.1) is 11.7 Å². The van der Waals surface area contributed by atoms with Crippen LogP contribution < -0.4 is 10.1 Å². The summed E-state index contributed by atoms with van der Waals surface area (Å²) in [6, 6.07) is 4.78. The number of benzene rings is 1. The maximum Gasteiger partial charge on any atom is 0.123 e. The van der Waals surface area contributed by atoms with Gasteiger partial charge in [0, 0.05) is 12.0 Å². The summed E-state index contributed by atoms with van der Waals surface area (Å²) >= 11 is 0. The summed E-state index contributed by atoms with van der Waals surface area (Å²) in [5.74, 6) is 1.26. The summed E-state index contributed by atoms with van der Waals surface area (Å²) in [7, 11) is 0. The Morgan fingerprint density at radius 3 is 3.12 bits per heavy atom. The van der Waals surface area contributed by atoms with Gasteiger partial charge in [0.25, 0.3) is 0 Å². The molecule has 0 amide bonds. The van der Waals surface area contributed by atoms with Crippen LogP contribution in [-0.2, 0) is 6.42 Å². The Morgan fingerprint density at radius 1 is 1.53 bits per heavy atom. The van der Waals surface area contributed by atoms with E-state index in [2.05, 4.69) is 19.2 Å². The molecule has 2 nitrogen and oxygen atoms in total. The standard InChI is InChI=1S/C14H20FNO/c1-3-16-9-10(2)6-13-8-11-7-12(15)4-5-14(11)17-13/h4-5,7,10,13,16H,3,6,8-9H2,1-2H3. The van der Waals surface area contributed by atoms with Crippen molar-refractivity contribution in [2.75, 3.05) is 13.1 Å². The molecule has 1 aliphatic heterocycles. The second-order valence-electron chi connectivity index (χ2n) is 4.84. The fraction of sp³-hybridized carbons (Fsp3) is 0.571. The zero-order valence-corrected chi connectivity index (χ0v) is 10.5. The minimum atomic E-state index is -0.173. The third-order valence-corrected chi connectivity index (χ3v) is 3.17. The molecule has 0 spiro atoms. The second-order valence-corrected chi connectivity index (χ2v) is 4.84. The largest absolute Gasteiger partial charge is 0.490 e. The Kier molecular flexibility index (Phi) is 4.00. The van der Waals surface area contributed by atoms with E-state index in [1.54, 1.807) is 12.1 Å². The molecular weight excluding hydrogens is 217 g/mol. The molecule has 1 aromatic rings. The van der Waals surface area contributed by atoms with Gasteiger partial charge in [0.05, 0.1) is 0 Å². The molecule has 0 radical (unpaired) electrons. The van der Waals surface area contributed by atoms with Gasteiger partial charge in [-0.2, -0.15) is 0 Å². The highest BCUT2D eigenvalue weighted by Crippen LogP contribution is 2.31. The summed E-state index contributed by atoms with van der Waals surface area (Å²) < 4.78 is 18.9. The summed E-state index contributed by atoms with van der Waals surface area (Å²) in [5, 5.41) is 3.34. The van der Waals surface area contributed by atoms with Gasteiger partial charge >= 0.3 is 0 Å². The van der Waals surface area contributed by atoms with Gasteiger partial charge < -0.3 is 10.1 Å². The molecule has 0 aromatic heterocycles. The van der Waals surface area contributed by atoms with E-state index in [-0.39, 0.29) is 11.9 Å². The first-order valence-electron chi connectivity index (χ1n) is 6.34. The number of ether oxygens (including phenoxy) is 1. The predicted molar refractivity (Wildman–Crippen MR) is 66.8 cm³/mol. The van der Waals surface area contributed by atoms with Crippen LogP contribution in [0.25, 0.3) is 0 Å². The fourth-order valence-electron chi connectivity index (χ4n) is 2.34. The minimum absolute atomic E-state index is 0.173. The van der Waals surface area contributed by atoms with Gasteiger partial charge in [0.1, 0.15) is 17.7 Å². The lowest BCUT2D eigenvalue weighted by Crippen LogP contribution is -2.25. The predicted octanol–water partition coefficient (Wildman–Crippen LogP) is 2.76. The quantitative estimate of drug-likeness (QED) is 0.850. The molecule has 0 saturated heterocycles. The van der Waals surface area contributed by atoms with Crippen LogP contribution in [0.3, 0.4) is 0 Å². The average Bonchev–Trinajstić information content (AvgIpc) is 2.67. The lowest BCUT2D eigenvalue weighted by Gasteiger charge is -2.16. The zero-order chi connectivity index (χ0) is 12.3. The van der Waals surface area contributed by atoms with Crippen molar-refractivity contribution in [2.24, 2.45) is 5.92 Å². The van der Waals surface area contributed by atoms with Crippen LogP contribution in [0.4, 0.5) is 4.39 Å². The number of hydrogen-bond acceptors (Lipinski definition) is 2. The van der Waals surface area contributed by atoms with Crippen molar-refractivity contribution >= 4 is 0 Å². The highest BCUT2D eigenvalue weighted by molar-refractivity contribution is 5.37. The van der Waals surface area contributed by atoms with Crippen molar-refractivity contribution in [3.8, 4) is 5.75 Å². The monoisotopic (exact) mass is 237 g/mol. The Balaban J connectivity index is 1.87. The molecule has 1 heterocycles. The molecule has 0 fully saturated rings. The molecule has 0 aliphatic carbocycles. The molecule has 94 valence electrons. The lowest BCUT2D eigenvalue weighted by atomic mass is 10.00. The van der Waals surface area contributed by atoms with Gasteiger partial charge in [-0.05, 0) is 43.6 Å². The molecule has 1 N–H and O–H groups in total. The second kappa shape index (κ2) is 5.50. The van der Waals surface area contributed by atoms with Crippen molar-refractivity contribution < 1.29 is 9.13 Å². The van der Waals surface area contributed by atoms with Crippen LogP contribution in [0.5, 0.6) is 5.75 Å². The Hall–Kier alpha value is -1.09. The van der Waals surface area contributed by atoms with Gasteiger partial charge in [-0.1, -0.05) is 13.8 Å². The van der Waals surface area contributed by atoms with E-state index in [4.69, 9.17) is 4.74 Å². The number of fused-ring (bicyclic) bond motifs is 1. The van der Waals surface area contributed by atoms with Crippen molar-refractivity contribution in [3.63, 3.8) is 0 Å². The van der Waals surface area contributed by atoms with Crippen molar-refractivity contribution in [1.82, 2.24) is 5.32 Å². The zero-order valence-electron chi connectivity index (χ0n) is 10.5.